The van der Waals surface area contributed by atoms with E-state index in [1.165, 1.54) is 0 Å². The summed E-state index contributed by atoms with van der Waals surface area (Å²) in [6.45, 7) is 5.80. The number of hydrogen-bond donors (Lipinski definition) is 0. The molecule has 0 aromatic heterocycles. The molecule has 1 aromatic carbocycles. The molecule has 2 nitrogen and oxygen atoms in total. The molecule has 3 heteroatoms. The number of carbonyl (C=O) groups is 1. The van der Waals surface area contributed by atoms with Crippen LogP contribution in [0.3, 0.4) is 0 Å². The first-order chi connectivity index (χ1) is 6.84. The second kappa shape index (κ2) is 4.51. The lowest BCUT2D eigenvalue weighted by Gasteiger charge is -2.26. The second-order valence-electron chi connectivity index (χ2n) is 4.57. The third kappa shape index (κ3) is 2.93. The molecule has 15 heavy (non-hydrogen) atoms. The Labute approximate surface area is 105 Å². The number of anilines is 1. The Morgan fingerprint density at radius 3 is 2.27 bits per heavy atom. The van der Waals surface area contributed by atoms with Gasteiger partial charge in [0.05, 0.1) is 5.69 Å². The van der Waals surface area contributed by atoms with Crippen molar-refractivity contribution in [2.45, 2.75) is 20.8 Å². The highest BCUT2D eigenvalue weighted by atomic mass is 127. The van der Waals surface area contributed by atoms with Crippen LogP contribution in [0.4, 0.5) is 5.69 Å². The standard InChI is InChI=1S/C12H16INO/c1-12(2,3)11(15)14(4)10-8-6-5-7-9(10)13/h5-8H,1-4H3. The predicted molar refractivity (Wildman–Crippen MR) is 72.0 cm³/mol. The SMILES string of the molecule is CN(C(=O)C(C)(C)C)c1ccccc1I. The zero-order chi connectivity index (χ0) is 11.6. The summed E-state index contributed by atoms with van der Waals surface area (Å²) in [4.78, 5) is 13.8. The van der Waals surface area contributed by atoms with Gasteiger partial charge in [0.15, 0.2) is 0 Å². The van der Waals surface area contributed by atoms with Crippen LogP contribution in [-0.2, 0) is 4.79 Å². The summed E-state index contributed by atoms with van der Waals surface area (Å²) < 4.78 is 1.09. The maximum atomic E-state index is 12.0. The van der Waals surface area contributed by atoms with Gasteiger partial charge in [-0.2, -0.15) is 0 Å². The van der Waals surface area contributed by atoms with Crippen molar-refractivity contribution in [2.75, 3.05) is 11.9 Å². The molecule has 0 aliphatic carbocycles. The van der Waals surface area contributed by atoms with Gasteiger partial charge in [-0.3, -0.25) is 4.79 Å². The van der Waals surface area contributed by atoms with Crippen molar-refractivity contribution in [2.24, 2.45) is 5.41 Å². The highest BCUT2D eigenvalue weighted by Gasteiger charge is 2.26. The van der Waals surface area contributed by atoms with Crippen molar-refractivity contribution in [1.29, 1.82) is 0 Å². The van der Waals surface area contributed by atoms with Crippen molar-refractivity contribution in [3.63, 3.8) is 0 Å². The van der Waals surface area contributed by atoms with Crippen LogP contribution < -0.4 is 4.90 Å². The number of hydrogen-bond acceptors (Lipinski definition) is 1. The van der Waals surface area contributed by atoms with Crippen molar-refractivity contribution in [1.82, 2.24) is 0 Å². The number of carbonyl (C=O) groups excluding carboxylic acids is 1. The lowest BCUT2D eigenvalue weighted by molar-refractivity contribution is -0.125. The molecule has 82 valence electrons. The van der Waals surface area contributed by atoms with Gasteiger partial charge in [-0.05, 0) is 34.7 Å². The monoisotopic (exact) mass is 317 g/mol. The molecule has 0 N–H and O–H groups in total. The van der Waals surface area contributed by atoms with Gasteiger partial charge in [0.2, 0.25) is 5.91 Å². The van der Waals surface area contributed by atoms with Gasteiger partial charge in [-0.1, -0.05) is 32.9 Å². The van der Waals surface area contributed by atoms with Gasteiger partial charge >= 0.3 is 0 Å². The summed E-state index contributed by atoms with van der Waals surface area (Å²) >= 11 is 2.24. The Kier molecular flexibility index (Phi) is 3.76. The number of halogens is 1. The molecule has 1 amide bonds. The maximum absolute atomic E-state index is 12.0. The third-order valence-corrected chi connectivity index (χ3v) is 3.07. The minimum absolute atomic E-state index is 0.131. The highest BCUT2D eigenvalue weighted by Crippen LogP contribution is 2.25. The van der Waals surface area contributed by atoms with E-state index in [-0.39, 0.29) is 11.3 Å². The van der Waals surface area contributed by atoms with Crippen molar-refractivity contribution >= 4 is 34.2 Å². The summed E-state index contributed by atoms with van der Waals surface area (Å²) in [5, 5.41) is 0. The number of nitrogens with zero attached hydrogens (tertiary/aromatic N) is 1. The van der Waals surface area contributed by atoms with Crippen molar-refractivity contribution in [3.05, 3.63) is 27.8 Å². The molecule has 0 atom stereocenters. The predicted octanol–water partition coefficient (Wildman–Crippen LogP) is 3.30. The van der Waals surface area contributed by atoms with E-state index in [2.05, 4.69) is 22.6 Å². The molecule has 0 spiro atoms. The van der Waals surface area contributed by atoms with E-state index in [1.807, 2.05) is 52.1 Å². The molecule has 0 unspecified atom stereocenters. The number of rotatable bonds is 1. The van der Waals surface area contributed by atoms with Gasteiger partial charge in [0.1, 0.15) is 0 Å². The summed E-state index contributed by atoms with van der Waals surface area (Å²) in [5.41, 5.74) is 0.631. The number of benzene rings is 1. The summed E-state index contributed by atoms with van der Waals surface area (Å²) in [6, 6.07) is 7.89. The molecule has 0 heterocycles. The molecule has 0 saturated carbocycles. The molecular weight excluding hydrogens is 301 g/mol. The van der Waals surface area contributed by atoms with E-state index in [1.54, 1.807) is 4.90 Å². The van der Waals surface area contributed by atoms with Crippen LogP contribution in [0.1, 0.15) is 20.8 Å². The Bertz CT molecular complexity index is 368. The minimum atomic E-state index is -0.340. The average molecular weight is 317 g/mol. The zero-order valence-electron chi connectivity index (χ0n) is 9.54. The first kappa shape index (κ1) is 12.5. The smallest absolute Gasteiger partial charge is 0.232 e. The zero-order valence-corrected chi connectivity index (χ0v) is 11.7. The van der Waals surface area contributed by atoms with Gasteiger partial charge in [-0.15, -0.1) is 0 Å². The lowest BCUT2D eigenvalue weighted by atomic mass is 9.95. The van der Waals surface area contributed by atoms with Crippen LogP contribution in [-0.4, -0.2) is 13.0 Å². The Morgan fingerprint density at radius 1 is 1.27 bits per heavy atom. The van der Waals surface area contributed by atoms with Crippen LogP contribution in [0.5, 0.6) is 0 Å². The summed E-state index contributed by atoms with van der Waals surface area (Å²) in [5.74, 6) is 0.131. The Morgan fingerprint density at radius 2 is 1.80 bits per heavy atom. The number of amides is 1. The van der Waals surface area contributed by atoms with Crippen LogP contribution in [0.2, 0.25) is 0 Å². The van der Waals surface area contributed by atoms with Crippen LogP contribution in [0.25, 0.3) is 0 Å². The molecule has 0 bridgehead atoms. The van der Waals surface area contributed by atoms with Gasteiger partial charge in [0, 0.05) is 16.0 Å². The first-order valence-corrected chi connectivity index (χ1v) is 5.94. The molecule has 0 aliphatic heterocycles. The maximum Gasteiger partial charge on any atom is 0.232 e. The molecule has 0 radical (unpaired) electrons. The van der Waals surface area contributed by atoms with Crippen LogP contribution >= 0.6 is 22.6 Å². The molecule has 0 saturated heterocycles. The minimum Gasteiger partial charge on any atom is -0.314 e. The third-order valence-electron chi connectivity index (χ3n) is 2.16. The van der Waals surface area contributed by atoms with E-state index in [0.29, 0.717) is 0 Å². The lowest BCUT2D eigenvalue weighted by Crippen LogP contribution is -2.37. The molecule has 0 aliphatic rings. The first-order valence-electron chi connectivity index (χ1n) is 4.86. The fraction of sp³-hybridized carbons (Fsp3) is 0.417. The van der Waals surface area contributed by atoms with Crippen molar-refractivity contribution in [3.8, 4) is 0 Å². The fourth-order valence-electron chi connectivity index (χ4n) is 1.34. The van der Waals surface area contributed by atoms with Gasteiger partial charge < -0.3 is 4.90 Å². The summed E-state index contributed by atoms with van der Waals surface area (Å²) in [7, 11) is 1.82. The molecule has 1 rings (SSSR count). The average Bonchev–Trinajstić information content (AvgIpc) is 2.15. The highest BCUT2D eigenvalue weighted by molar-refractivity contribution is 14.1. The van der Waals surface area contributed by atoms with Gasteiger partial charge in [0.25, 0.3) is 0 Å². The Hall–Kier alpha value is -0.580. The normalized spacial score (nSPS) is 11.3. The Balaban J connectivity index is 3.01. The molecular formula is C12H16INO. The van der Waals surface area contributed by atoms with Gasteiger partial charge in [-0.25, -0.2) is 0 Å². The molecule has 1 aromatic rings. The van der Waals surface area contributed by atoms with E-state index in [0.717, 1.165) is 9.26 Å². The number of para-hydroxylation sites is 1. The largest absolute Gasteiger partial charge is 0.314 e. The quantitative estimate of drug-likeness (QED) is 0.728. The fourth-order valence-corrected chi connectivity index (χ4v) is 2.09. The molecule has 0 fully saturated rings. The topological polar surface area (TPSA) is 20.3 Å². The second-order valence-corrected chi connectivity index (χ2v) is 5.73. The van der Waals surface area contributed by atoms with Crippen LogP contribution in [0, 0.1) is 8.99 Å². The van der Waals surface area contributed by atoms with E-state index >= 15 is 0 Å². The van der Waals surface area contributed by atoms with Crippen LogP contribution in [0.15, 0.2) is 24.3 Å². The van der Waals surface area contributed by atoms with E-state index in [9.17, 15) is 4.79 Å². The van der Waals surface area contributed by atoms with E-state index in [4.69, 9.17) is 0 Å². The summed E-state index contributed by atoms with van der Waals surface area (Å²) in [6.07, 6.45) is 0. The van der Waals surface area contributed by atoms with E-state index < -0.39 is 0 Å². The van der Waals surface area contributed by atoms with Crippen molar-refractivity contribution < 1.29 is 4.79 Å².